The van der Waals surface area contributed by atoms with Gasteiger partial charge in [0.05, 0.1) is 18.3 Å². The van der Waals surface area contributed by atoms with E-state index in [4.69, 9.17) is 9.84 Å². The minimum absolute atomic E-state index is 0.00361. The predicted molar refractivity (Wildman–Crippen MR) is 121 cm³/mol. The molecule has 0 aliphatic heterocycles. The Labute approximate surface area is 210 Å². The van der Waals surface area contributed by atoms with Gasteiger partial charge in [-0.05, 0) is 43.3 Å². The van der Waals surface area contributed by atoms with Gasteiger partial charge in [0.2, 0.25) is 5.95 Å². The third-order valence-corrected chi connectivity index (χ3v) is 6.25. The minimum Gasteiger partial charge on any atom is -0.588 e. The molecule has 1 unspecified atom stereocenters. The number of nitrogens with one attached hydrogen (secondary N) is 1. The first-order valence-electron chi connectivity index (χ1n) is 10.2. The number of pyridine rings is 1. The van der Waals surface area contributed by atoms with E-state index < -0.39 is 64.6 Å². The number of halogens is 5. The van der Waals surface area contributed by atoms with Crippen LogP contribution in [0.25, 0.3) is 0 Å². The summed E-state index contributed by atoms with van der Waals surface area (Å²) in [6.07, 6.45) is -5.13. The molecule has 0 saturated carbocycles. The zero-order valence-corrected chi connectivity index (χ0v) is 19.9. The van der Waals surface area contributed by atoms with E-state index in [2.05, 4.69) is 10.3 Å². The van der Waals surface area contributed by atoms with E-state index in [1.807, 2.05) is 0 Å². The number of aryl methyl sites for hydroxylation is 1. The van der Waals surface area contributed by atoms with Crippen LogP contribution in [0.5, 0.6) is 11.5 Å². The Morgan fingerprint density at radius 3 is 2.43 bits per heavy atom. The second-order valence-electron chi connectivity index (χ2n) is 7.40. The fourth-order valence-corrected chi connectivity index (χ4v) is 4.03. The predicted octanol–water partition coefficient (Wildman–Crippen LogP) is 4.20. The fourth-order valence-electron chi connectivity index (χ4n) is 3.04. The van der Waals surface area contributed by atoms with Crippen LogP contribution in [0.4, 0.5) is 27.6 Å². The molecule has 1 aromatic heterocycles. The first-order chi connectivity index (χ1) is 17.3. The lowest BCUT2D eigenvalue weighted by molar-refractivity contribution is -0.140. The van der Waals surface area contributed by atoms with Gasteiger partial charge in [0.1, 0.15) is 35.0 Å². The Balaban J connectivity index is 2.00. The van der Waals surface area contributed by atoms with Crippen molar-refractivity contribution < 1.29 is 45.9 Å². The van der Waals surface area contributed by atoms with E-state index in [1.54, 1.807) is 0 Å². The standard InChI is InChI=1S/C23H18F5N3O5S/c1-12-16(8-9-18(24)29-12)36-17-7-6-15(23(26,27)28)21(25)20(17)22(34)30-13-4-3-5-14(10-13)37(35)31(2)19(33)11-32/h3-10,32H,11H2,1-2H3,(H,30,34). The Morgan fingerprint density at radius 1 is 1.14 bits per heavy atom. The summed E-state index contributed by atoms with van der Waals surface area (Å²) in [4.78, 5) is 28.1. The molecule has 2 aromatic carbocycles. The van der Waals surface area contributed by atoms with Gasteiger partial charge in [-0.25, -0.2) is 9.37 Å². The fraction of sp³-hybridized carbons (Fsp3) is 0.174. The molecular weight excluding hydrogens is 525 g/mol. The molecule has 14 heteroatoms. The number of aliphatic hydroxyl groups excluding tert-OH is 1. The maximum atomic E-state index is 15.0. The maximum Gasteiger partial charge on any atom is 0.419 e. The number of hydrogen-bond donors (Lipinski definition) is 2. The third kappa shape index (κ3) is 6.34. The summed E-state index contributed by atoms with van der Waals surface area (Å²) in [5.74, 6) is -5.70. The van der Waals surface area contributed by atoms with Crippen LogP contribution in [0.2, 0.25) is 0 Å². The summed E-state index contributed by atoms with van der Waals surface area (Å²) < 4.78 is 87.1. The number of benzene rings is 2. The molecule has 0 aliphatic rings. The summed E-state index contributed by atoms with van der Waals surface area (Å²) in [7, 11) is 1.16. The van der Waals surface area contributed by atoms with Crippen LogP contribution in [0.1, 0.15) is 21.6 Å². The number of ether oxygens (including phenoxy) is 1. The summed E-state index contributed by atoms with van der Waals surface area (Å²) >= 11 is -2.10. The normalized spacial score (nSPS) is 12.1. The number of alkyl halides is 3. The molecule has 8 nitrogen and oxygen atoms in total. The quantitative estimate of drug-likeness (QED) is 0.262. The second-order valence-corrected chi connectivity index (χ2v) is 8.92. The zero-order valence-electron chi connectivity index (χ0n) is 19.1. The molecule has 2 N–H and O–H groups in total. The van der Waals surface area contributed by atoms with E-state index in [0.29, 0.717) is 6.07 Å². The molecule has 1 atom stereocenters. The monoisotopic (exact) mass is 543 g/mol. The molecule has 1 heterocycles. The van der Waals surface area contributed by atoms with Crippen LogP contribution in [0.15, 0.2) is 53.4 Å². The molecule has 0 spiro atoms. The maximum absolute atomic E-state index is 15.0. The van der Waals surface area contributed by atoms with E-state index in [9.17, 15) is 31.7 Å². The molecule has 0 bridgehead atoms. The van der Waals surface area contributed by atoms with Gasteiger partial charge >= 0.3 is 6.18 Å². The summed E-state index contributed by atoms with van der Waals surface area (Å²) in [5.41, 5.74) is -2.93. The van der Waals surface area contributed by atoms with Crippen molar-refractivity contribution >= 4 is 28.9 Å². The number of likely N-dealkylation sites (N-methyl/N-ethyl adjacent to an activating group) is 1. The molecule has 0 fully saturated rings. The highest BCUT2D eigenvalue weighted by Crippen LogP contribution is 2.38. The van der Waals surface area contributed by atoms with E-state index in [1.165, 1.54) is 25.1 Å². The Hall–Kier alpha value is -3.75. The lowest BCUT2D eigenvalue weighted by Gasteiger charge is -2.19. The zero-order chi connectivity index (χ0) is 27.5. The summed E-state index contributed by atoms with van der Waals surface area (Å²) in [6.45, 7) is 0.433. The SMILES string of the molecule is Cc1nc(F)ccc1Oc1ccc(C(F)(F)F)c(F)c1C(=O)Nc1cccc([S+]([O-])N(C)C(=O)CO)c1. The van der Waals surface area contributed by atoms with E-state index in [-0.39, 0.29) is 22.0 Å². The second kappa shape index (κ2) is 11.1. The molecule has 3 aromatic rings. The largest absolute Gasteiger partial charge is 0.588 e. The molecule has 37 heavy (non-hydrogen) atoms. The van der Waals surface area contributed by atoms with Gasteiger partial charge in [-0.3, -0.25) is 9.59 Å². The highest BCUT2D eigenvalue weighted by molar-refractivity contribution is 7.89. The van der Waals surface area contributed by atoms with Gasteiger partial charge in [-0.15, -0.1) is 0 Å². The number of aliphatic hydroxyl groups is 1. The Morgan fingerprint density at radius 2 is 1.81 bits per heavy atom. The van der Waals surface area contributed by atoms with Crippen molar-refractivity contribution in [3.05, 3.63) is 77.1 Å². The van der Waals surface area contributed by atoms with Gasteiger partial charge in [-0.2, -0.15) is 21.9 Å². The lowest BCUT2D eigenvalue weighted by Crippen LogP contribution is -2.35. The molecular formula is C23H18F5N3O5S. The Kier molecular flexibility index (Phi) is 8.35. The number of amides is 2. The van der Waals surface area contributed by atoms with Crippen LogP contribution in [-0.2, 0) is 22.3 Å². The number of anilines is 1. The average Bonchev–Trinajstić information content (AvgIpc) is 2.83. The van der Waals surface area contributed by atoms with Crippen molar-refractivity contribution in [2.75, 3.05) is 19.0 Å². The summed E-state index contributed by atoms with van der Waals surface area (Å²) in [6, 6.07) is 8.24. The van der Waals surface area contributed by atoms with Gasteiger partial charge in [0.25, 0.3) is 11.8 Å². The number of carbonyl (C=O) groups is 2. The van der Waals surface area contributed by atoms with Crippen LogP contribution in [0, 0.1) is 18.7 Å². The first-order valence-corrected chi connectivity index (χ1v) is 11.4. The number of nitrogens with zero attached hydrogens (tertiary/aromatic N) is 2. The van der Waals surface area contributed by atoms with Crippen LogP contribution in [-0.4, -0.2) is 44.4 Å². The summed E-state index contributed by atoms with van der Waals surface area (Å²) in [5, 5.41) is 11.2. The average molecular weight is 543 g/mol. The molecule has 196 valence electrons. The van der Waals surface area contributed by atoms with Crippen LogP contribution >= 0.6 is 0 Å². The van der Waals surface area contributed by atoms with Crippen LogP contribution in [0.3, 0.4) is 0 Å². The minimum atomic E-state index is -5.13. The van der Waals surface area contributed by atoms with Crippen molar-refractivity contribution in [2.45, 2.75) is 18.0 Å². The Bertz CT molecular complexity index is 1340. The van der Waals surface area contributed by atoms with Gasteiger partial charge < -0.3 is 19.7 Å². The number of rotatable bonds is 7. The van der Waals surface area contributed by atoms with Crippen LogP contribution < -0.4 is 10.1 Å². The number of aromatic nitrogens is 1. The van der Waals surface area contributed by atoms with Crippen molar-refractivity contribution in [1.29, 1.82) is 0 Å². The molecule has 0 aliphatic carbocycles. The van der Waals surface area contributed by atoms with E-state index >= 15 is 4.39 Å². The van der Waals surface area contributed by atoms with Crippen molar-refractivity contribution in [2.24, 2.45) is 0 Å². The van der Waals surface area contributed by atoms with Crippen molar-refractivity contribution in [1.82, 2.24) is 9.29 Å². The molecule has 0 saturated heterocycles. The number of carbonyl (C=O) groups excluding carboxylic acids is 2. The molecule has 3 rings (SSSR count). The van der Waals surface area contributed by atoms with E-state index in [0.717, 1.165) is 35.6 Å². The first kappa shape index (κ1) is 27.8. The molecule has 2 amide bonds. The lowest BCUT2D eigenvalue weighted by atomic mass is 10.1. The van der Waals surface area contributed by atoms with Crippen molar-refractivity contribution in [3.63, 3.8) is 0 Å². The number of hydrogen-bond acceptors (Lipinski definition) is 6. The topological polar surface area (TPSA) is 115 Å². The third-order valence-electron chi connectivity index (χ3n) is 4.89. The van der Waals surface area contributed by atoms with Crippen molar-refractivity contribution in [3.8, 4) is 11.5 Å². The van der Waals surface area contributed by atoms with Gasteiger partial charge in [0.15, 0.2) is 10.7 Å². The smallest absolute Gasteiger partial charge is 0.419 e. The molecule has 0 radical (unpaired) electrons. The van der Waals surface area contributed by atoms with Gasteiger partial charge in [-0.1, -0.05) is 6.07 Å². The highest BCUT2D eigenvalue weighted by atomic mass is 32.2. The highest BCUT2D eigenvalue weighted by Gasteiger charge is 2.37. The van der Waals surface area contributed by atoms with Gasteiger partial charge in [0, 0.05) is 11.8 Å².